The Labute approximate surface area is 851 Å². The van der Waals surface area contributed by atoms with E-state index in [-0.39, 0.29) is 123 Å². The number of nitrogens with two attached hydrogens (primary N) is 2. The summed E-state index contributed by atoms with van der Waals surface area (Å²) in [5.74, 6) is -21.9. The molecule has 794 valence electrons. The summed E-state index contributed by atoms with van der Waals surface area (Å²) in [5.41, 5.74) is 14.7. The molecule has 4 fully saturated rings. The van der Waals surface area contributed by atoms with Crippen LogP contribution in [0, 0.1) is 18.3 Å². The molecule has 0 aliphatic carbocycles. The summed E-state index contributed by atoms with van der Waals surface area (Å²) < 4.78 is 0. The summed E-state index contributed by atoms with van der Waals surface area (Å²) in [6.07, 6.45) is -0.803. The Morgan fingerprint density at radius 3 is 1.69 bits per heavy atom. The molecule has 10 rings (SSSR count). The maximum absolute atomic E-state index is 15.8. The van der Waals surface area contributed by atoms with Gasteiger partial charge in [0.15, 0.2) is 0 Å². The van der Waals surface area contributed by atoms with Crippen molar-refractivity contribution in [1.82, 2.24) is 104 Å². The van der Waals surface area contributed by atoms with Crippen molar-refractivity contribution in [2.75, 3.05) is 116 Å². The standard InChI is InChI=1S/C98H136N22O24S2/c1-55-15-13-19-65-63(48-104-84(55)65)42-70(105-57(3)122)92(139)115-85(56(2)121)96(143)112-74(46-98(4,5)6)93(140)114-75-53-145-146-54-76(95(142)111-73(97(144)120-30-14-22-77(120)86(100)133)43-62-47-103-66-20-10-9-18-64(62)66)113-91(138)72(45-80(125)126)110-87(134)67(21-11-12-27-102-79(124)49-116-31-33-117(50-81(127)128)35-37-119(52-83(131)132)38-36-118(34-32-116)51-82(129)130)106-88(135)69(41-59-23-24-60-16-7-8-17-61(60)39-59)107-90(137)71(44-78(99)123)109-89(136)68(108-94(75)141)40-58-25-28-101-29-26-58/h7-10,13,15-20,23-24,39,47-48,56,58,67-77,85,101,103-104,121H,11-12,14,21-22,25-38,40-46,49-54H2,1-6H3,(H2,99,123)(H2,100,133)(H,102,124)(H,105,122)(H,106,135)(H,107,137)(H,108,141)(H,109,136)(H,110,134)(H,111,142)(H,112,143)(H,113,138)(H,114,140)(H,115,139)(H,125,126)(H,127,128)(H,129,130)(H,131,132)/t56-,67+,68+,69+,70+,71+,72+,73+,74+,75+,76+,77+,85+/m1/s1. The number of benzene rings is 4. The molecule has 146 heavy (non-hydrogen) atoms. The van der Waals surface area contributed by atoms with Gasteiger partial charge in [0.1, 0.15) is 72.5 Å². The Balaban J connectivity index is 1.02. The number of H-pyrrole nitrogens is 2. The van der Waals surface area contributed by atoms with Crippen LogP contribution in [0.2, 0.25) is 0 Å². The van der Waals surface area contributed by atoms with Crippen LogP contribution in [0.4, 0.5) is 0 Å². The van der Waals surface area contributed by atoms with Crippen LogP contribution >= 0.6 is 21.6 Å². The fourth-order valence-corrected chi connectivity index (χ4v) is 20.6. The number of fused-ring (bicyclic) bond motifs is 3. The lowest BCUT2D eigenvalue weighted by atomic mass is 9.87. The highest BCUT2D eigenvalue weighted by Crippen LogP contribution is 2.30. The number of aliphatic hydroxyl groups is 1. The molecule has 4 saturated heterocycles. The second kappa shape index (κ2) is 55.2. The smallest absolute Gasteiger partial charge is 0.317 e. The summed E-state index contributed by atoms with van der Waals surface area (Å²) in [7, 11) is 1.54. The zero-order valence-electron chi connectivity index (χ0n) is 82.6. The van der Waals surface area contributed by atoms with Crippen LogP contribution in [0.25, 0.3) is 32.6 Å². The number of carboxylic acids is 4. The summed E-state index contributed by atoms with van der Waals surface area (Å²) in [6.45, 7) is 9.49. The van der Waals surface area contributed by atoms with Gasteiger partial charge in [-0.1, -0.05) is 121 Å². The lowest BCUT2D eigenvalue weighted by Crippen LogP contribution is -2.62. The van der Waals surface area contributed by atoms with E-state index in [9.17, 15) is 73.5 Å². The van der Waals surface area contributed by atoms with Crippen molar-refractivity contribution < 1.29 is 117 Å². The lowest BCUT2D eigenvalue weighted by molar-refractivity contribution is -0.142. The molecule has 4 aromatic carbocycles. The molecule has 0 spiro atoms. The first-order valence-electron chi connectivity index (χ1n) is 48.8. The van der Waals surface area contributed by atoms with E-state index >= 15 is 43.2 Å². The molecular formula is C98H136N22O24S2. The van der Waals surface area contributed by atoms with Gasteiger partial charge >= 0.3 is 23.9 Å². The number of hydrogen-bond acceptors (Lipinski definition) is 27. The molecule has 46 nitrogen and oxygen atoms in total. The molecule has 15 amide bonds. The number of carboxylic acid groups (broad SMARTS) is 4. The highest BCUT2D eigenvalue weighted by molar-refractivity contribution is 8.76. The number of primary amides is 2. The SMILES string of the molecule is CC(=O)N[C@@H](Cc1c[nH]c2c(C)cccc12)C(=O)N[C@H](C(=O)N[C@@H](CC(C)(C)C)C(=O)N[C@H]1CSSC[C@@H](C(=O)N[C@@H](Cc2c[nH]c3ccccc23)C(=O)N2CCC[C@H]2C(N)=O)NC(=O)[C@H](CC(=O)O)NC(=O)[C@H](CCCCNC(=O)CN2CCN(CC(=O)O)CCN(CC(=O)O)CCN(CC(=O)O)CC2)NC(=O)[C@H](Cc2ccc3ccccc3c2)NC(=O)[C@H](CC(N)=O)NC(=O)[C@H](CC2CCNCC2)NC1=O)[C@@H](C)O. The first kappa shape index (κ1) is 115. The number of para-hydroxylation sites is 2. The van der Waals surface area contributed by atoms with Crippen LogP contribution in [0.15, 0.2) is 97.3 Å². The van der Waals surface area contributed by atoms with Crippen LogP contribution in [0.1, 0.15) is 128 Å². The Morgan fingerprint density at radius 1 is 0.527 bits per heavy atom. The van der Waals surface area contributed by atoms with Crippen molar-refractivity contribution in [2.45, 2.75) is 210 Å². The largest absolute Gasteiger partial charge is 0.481 e. The van der Waals surface area contributed by atoms with Gasteiger partial charge in [-0.05, 0) is 135 Å². The minimum atomic E-state index is -2.18. The lowest BCUT2D eigenvalue weighted by Gasteiger charge is -2.32. The number of carbonyl (C=O) groups excluding carboxylic acids is 15. The molecule has 0 unspecified atom stereocenters. The minimum Gasteiger partial charge on any atom is -0.481 e. The number of likely N-dealkylation sites (tertiary alicyclic amines) is 1. The van der Waals surface area contributed by atoms with Crippen molar-refractivity contribution in [3.8, 4) is 0 Å². The number of aromatic amines is 2. The number of aliphatic carboxylic acids is 4. The van der Waals surface area contributed by atoms with Crippen LogP contribution in [0.5, 0.6) is 0 Å². The van der Waals surface area contributed by atoms with E-state index in [2.05, 4.69) is 79.1 Å². The van der Waals surface area contributed by atoms with E-state index in [1.165, 1.54) is 18.7 Å². The number of hydrogen-bond donors (Lipinski definition) is 22. The number of carbonyl (C=O) groups is 19. The second-order valence-electron chi connectivity index (χ2n) is 38.8. The fourth-order valence-electron chi connectivity index (χ4n) is 18.3. The zero-order chi connectivity index (χ0) is 106. The fraction of sp³-hybridized carbons (Fsp3) is 0.541. The van der Waals surface area contributed by atoms with Crippen molar-refractivity contribution >= 4 is 167 Å². The molecule has 24 N–H and O–H groups in total. The first-order valence-corrected chi connectivity index (χ1v) is 51.3. The molecule has 4 aliphatic rings. The third-order valence-electron chi connectivity index (χ3n) is 25.9. The monoisotopic (exact) mass is 2070 g/mol. The van der Waals surface area contributed by atoms with Gasteiger partial charge in [-0.2, -0.15) is 0 Å². The summed E-state index contributed by atoms with van der Waals surface area (Å²) >= 11 is 0. The average molecular weight is 2070 g/mol. The highest BCUT2D eigenvalue weighted by atomic mass is 33.1. The molecule has 0 radical (unpaired) electrons. The number of unbranched alkanes of at least 4 members (excludes halogenated alkanes) is 1. The van der Waals surface area contributed by atoms with Crippen molar-refractivity contribution in [3.05, 3.63) is 120 Å². The predicted molar refractivity (Wildman–Crippen MR) is 540 cm³/mol. The molecule has 48 heteroatoms. The summed E-state index contributed by atoms with van der Waals surface area (Å²) in [4.78, 5) is 286. The Kier molecular flexibility index (Phi) is 43.3. The Hall–Kier alpha value is -13.4. The van der Waals surface area contributed by atoms with Crippen LogP contribution in [0.3, 0.4) is 0 Å². The number of aryl methyl sites for hydroxylation is 1. The third-order valence-corrected chi connectivity index (χ3v) is 28.3. The van der Waals surface area contributed by atoms with Crippen LogP contribution in [-0.2, 0) is 110 Å². The van der Waals surface area contributed by atoms with E-state index in [0.29, 0.717) is 65.3 Å². The number of amides is 15. The first-order chi connectivity index (χ1) is 69.4. The third kappa shape index (κ3) is 35.8. The number of rotatable bonds is 38. The normalized spacial score (nSPS) is 21.5. The van der Waals surface area contributed by atoms with Gasteiger partial charge in [0, 0.05) is 137 Å². The Morgan fingerprint density at radius 2 is 1.08 bits per heavy atom. The molecule has 6 aromatic rings. The van der Waals surface area contributed by atoms with Crippen LogP contribution < -0.4 is 80.6 Å². The number of aliphatic hydroxyl groups excluding tert-OH is 1. The van der Waals surface area contributed by atoms with Gasteiger partial charge in [-0.15, -0.1) is 0 Å². The number of nitrogens with zero attached hydrogens (tertiary/aromatic N) is 5. The van der Waals surface area contributed by atoms with E-state index in [1.807, 2.05) is 31.2 Å². The number of aromatic nitrogens is 2. The van der Waals surface area contributed by atoms with Crippen molar-refractivity contribution in [3.63, 3.8) is 0 Å². The van der Waals surface area contributed by atoms with Gasteiger partial charge < -0.3 is 121 Å². The van der Waals surface area contributed by atoms with E-state index in [1.54, 1.807) is 113 Å². The predicted octanol–water partition coefficient (Wildman–Crippen LogP) is -2.32. The average Bonchev–Trinajstić information content (AvgIpc) is 1.66. The summed E-state index contributed by atoms with van der Waals surface area (Å²) in [5, 5.41) is 89.4. The van der Waals surface area contributed by atoms with Gasteiger partial charge in [-0.25, -0.2) is 0 Å². The topological polar surface area (TPSA) is 682 Å². The molecule has 6 heterocycles. The Bertz CT molecular complexity index is 5640. The van der Waals surface area contributed by atoms with Gasteiger partial charge in [0.25, 0.3) is 0 Å². The number of piperidine rings is 1. The molecule has 0 saturated carbocycles. The zero-order valence-corrected chi connectivity index (χ0v) is 84.3. The molecule has 2 aromatic heterocycles. The highest BCUT2D eigenvalue weighted by Gasteiger charge is 2.43. The quantitative estimate of drug-likeness (QED) is 0.0143. The van der Waals surface area contributed by atoms with Gasteiger partial charge in [-0.3, -0.25) is 111 Å². The molecular weight excluding hydrogens is 1930 g/mol. The number of nitrogens with one attached hydrogen (secondary N) is 15. The van der Waals surface area contributed by atoms with Crippen molar-refractivity contribution in [2.24, 2.45) is 22.8 Å². The maximum Gasteiger partial charge on any atom is 0.317 e. The van der Waals surface area contributed by atoms with Crippen LogP contribution in [-0.4, -0.2) is 367 Å². The van der Waals surface area contributed by atoms with Crippen molar-refractivity contribution in [1.29, 1.82) is 0 Å². The van der Waals surface area contributed by atoms with Gasteiger partial charge in [0.05, 0.1) is 45.1 Å². The summed E-state index contributed by atoms with van der Waals surface area (Å²) in [6, 6.07) is 4.10. The van der Waals surface area contributed by atoms with E-state index in [4.69, 9.17) is 11.5 Å². The molecule has 4 aliphatic heterocycles. The minimum absolute atomic E-state index is 0.0211. The van der Waals surface area contributed by atoms with Gasteiger partial charge in [0.2, 0.25) is 88.6 Å². The van der Waals surface area contributed by atoms with E-state index in [0.717, 1.165) is 43.4 Å². The molecule has 0 bridgehead atoms. The van der Waals surface area contributed by atoms with E-state index < -0.39 is 253 Å². The molecule has 13 atom stereocenters. The second-order valence-corrected chi connectivity index (χ2v) is 41.3. The maximum atomic E-state index is 15.8.